The molecule has 0 atom stereocenters. The molecule has 7 heteroatoms. The molecule has 7 nitrogen and oxygen atoms in total. The molecule has 0 radical (unpaired) electrons. The summed E-state index contributed by atoms with van der Waals surface area (Å²) in [6.07, 6.45) is 0.778. The lowest BCUT2D eigenvalue weighted by atomic mass is 10.1. The Balaban J connectivity index is 2.09. The number of carbonyl (C=O) groups is 1. The van der Waals surface area contributed by atoms with Gasteiger partial charge in [-0.15, -0.1) is 0 Å². The van der Waals surface area contributed by atoms with Gasteiger partial charge in [0.05, 0.1) is 20.3 Å². The van der Waals surface area contributed by atoms with Crippen LogP contribution < -0.4 is 14.2 Å². The molecule has 1 N–H and O–H groups in total. The number of fused-ring (bicyclic) bond motifs is 1. The molecule has 0 saturated carbocycles. The predicted octanol–water partition coefficient (Wildman–Crippen LogP) is 2.21. The van der Waals surface area contributed by atoms with Gasteiger partial charge in [0.25, 0.3) is 0 Å². The van der Waals surface area contributed by atoms with Crippen molar-refractivity contribution in [3.8, 4) is 28.5 Å². The zero-order valence-electron chi connectivity index (χ0n) is 11.3. The van der Waals surface area contributed by atoms with Gasteiger partial charge in [-0.25, -0.2) is 4.79 Å². The molecule has 0 unspecified atom stereocenters. The minimum absolute atomic E-state index is 0.237. The predicted molar refractivity (Wildman–Crippen MR) is 71.1 cm³/mol. The Morgan fingerprint density at radius 2 is 2.14 bits per heavy atom. The van der Waals surface area contributed by atoms with Gasteiger partial charge >= 0.3 is 5.97 Å². The molecule has 0 bridgehead atoms. The summed E-state index contributed by atoms with van der Waals surface area (Å²) in [4.78, 5) is 10.9. The summed E-state index contributed by atoms with van der Waals surface area (Å²) in [5, 5.41) is 12.6. The number of rotatable bonds is 3. The van der Waals surface area contributed by atoms with E-state index in [-0.39, 0.29) is 5.76 Å². The van der Waals surface area contributed by atoms with Gasteiger partial charge in [-0.3, -0.25) is 0 Å². The number of aromatic nitrogens is 1. The normalized spacial score (nSPS) is 13.6. The molecule has 1 aromatic heterocycles. The Morgan fingerprint density at radius 1 is 1.33 bits per heavy atom. The first kappa shape index (κ1) is 13.3. The molecular weight excluding hydrogens is 278 g/mol. The number of hydrogen-bond acceptors (Lipinski definition) is 6. The quantitative estimate of drug-likeness (QED) is 0.926. The largest absolute Gasteiger partial charge is 0.492 e. The van der Waals surface area contributed by atoms with E-state index in [0.717, 1.165) is 6.42 Å². The molecule has 0 aliphatic carbocycles. The summed E-state index contributed by atoms with van der Waals surface area (Å²) in [5.41, 5.74) is 0.942. The van der Waals surface area contributed by atoms with E-state index in [1.807, 2.05) is 0 Å². The third-order valence-electron chi connectivity index (χ3n) is 3.07. The summed E-state index contributed by atoms with van der Waals surface area (Å²) < 4.78 is 21.4. The molecule has 0 fully saturated rings. The Labute approximate surface area is 120 Å². The van der Waals surface area contributed by atoms with Crippen molar-refractivity contribution >= 4 is 5.97 Å². The highest BCUT2D eigenvalue weighted by atomic mass is 16.5. The molecule has 1 aliphatic heterocycles. The van der Waals surface area contributed by atoms with Crippen molar-refractivity contribution in [3.05, 3.63) is 24.0 Å². The van der Waals surface area contributed by atoms with E-state index in [4.69, 9.17) is 23.8 Å². The summed E-state index contributed by atoms with van der Waals surface area (Å²) in [5.74, 6) is 0.114. The molecular formula is C14H13NO6. The second kappa shape index (κ2) is 5.35. The van der Waals surface area contributed by atoms with Crippen LogP contribution in [-0.2, 0) is 0 Å². The van der Waals surface area contributed by atoms with Crippen LogP contribution in [-0.4, -0.2) is 36.6 Å². The molecule has 0 amide bonds. The van der Waals surface area contributed by atoms with Crippen LogP contribution in [0.4, 0.5) is 0 Å². The van der Waals surface area contributed by atoms with Crippen LogP contribution >= 0.6 is 0 Å². The Morgan fingerprint density at radius 3 is 2.86 bits per heavy atom. The third-order valence-corrected chi connectivity index (χ3v) is 3.07. The molecule has 0 spiro atoms. The van der Waals surface area contributed by atoms with Gasteiger partial charge in [0.1, 0.15) is 5.69 Å². The van der Waals surface area contributed by atoms with Gasteiger partial charge in [0, 0.05) is 18.1 Å². The first-order valence-corrected chi connectivity index (χ1v) is 6.37. The maximum Gasteiger partial charge on any atom is 0.374 e. The van der Waals surface area contributed by atoms with Crippen LogP contribution in [0.1, 0.15) is 17.0 Å². The molecule has 2 heterocycles. The number of ether oxygens (including phenoxy) is 3. The first-order chi connectivity index (χ1) is 10.2. The molecule has 1 aromatic carbocycles. The standard InChI is InChI=1S/C14H13NO6/c1-18-12-8(9-7-11(14(16)17)21-15-9)3-4-10-13(12)20-6-2-5-19-10/h3-4,7H,2,5-6H2,1H3,(H,16,17). The van der Waals surface area contributed by atoms with E-state index in [9.17, 15) is 4.79 Å². The van der Waals surface area contributed by atoms with Crippen molar-refractivity contribution < 1.29 is 28.6 Å². The second-order valence-corrected chi connectivity index (χ2v) is 4.41. The highest BCUT2D eigenvalue weighted by Gasteiger charge is 2.22. The molecule has 0 saturated heterocycles. The van der Waals surface area contributed by atoms with E-state index in [0.29, 0.717) is 41.7 Å². The summed E-state index contributed by atoms with van der Waals surface area (Å²) >= 11 is 0. The van der Waals surface area contributed by atoms with E-state index in [1.165, 1.54) is 13.2 Å². The van der Waals surface area contributed by atoms with Crippen LogP contribution in [0.5, 0.6) is 17.2 Å². The zero-order valence-corrected chi connectivity index (χ0v) is 11.3. The van der Waals surface area contributed by atoms with Crippen molar-refractivity contribution in [2.24, 2.45) is 0 Å². The van der Waals surface area contributed by atoms with Gasteiger partial charge in [-0.2, -0.15) is 0 Å². The zero-order chi connectivity index (χ0) is 14.8. The fraction of sp³-hybridized carbons (Fsp3) is 0.286. The summed E-state index contributed by atoms with van der Waals surface area (Å²) in [7, 11) is 1.51. The lowest BCUT2D eigenvalue weighted by Crippen LogP contribution is -1.98. The van der Waals surface area contributed by atoms with Gasteiger partial charge in [0.2, 0.25) is 11.5 Å². The number of benzene rings is 1. The minimum atomic E-state index is -1.18. The van der Waals surface area contributed by atoms with Crippen LogP contribution in [0.3, 0.4) is 0 Å². The van der Waals surface area contributed by atoms with E-state index in [2.05, 4.69) is 5.16 Å². The van der Waals surface area contributed by atoms with Gasteiger partial charge < -0.3 is 23.8 Å². The van der Waals surface area contributed by atoms with Crippen LogP contribution in [0.2, 0.25) is 0 Å². The first-order valence-electron chi connectivity index (χ1n) is 6.37. The van der Waals surface area contributed by atoms with E-state index < -0.39 is 5.97 Å². The van der Waals surface area contributed by atoms with Crippen molar-refractivity contribution in [3.63, 3.8) is 0 Å². The highest BCUT2D eigenvalue weighted by Crippen LogP contribution is 2.45. The average molecular weight is 291 g/mol. The number of aromatic carboxylic acids is 1. The highest BCUT2D eigenvalue weighted by molar-refractivity contribution is 5.86. The third kappa shape index (κ3) is 2.37. The van der Waals surface area contributed by atoms with Crippen molar-refractivity contribution in [2.45, 2.75) is 6.42 Å². The Bertz CT molecular complexity index is 678. The van der Waals surface area contributed by atoms with E-state index in [1.54, 1.807) is 12.1 Å². The van der Waals surface area contributed by atoms with Gasteiger partial charge in [-0.05, 0) is 12.1 Å². The molecule has 3 rings (SSSR count). The number of carboxylic acid groups (broad SMARTS) is 1. The Hall–Kier alpha value is -2.70. The monoisotopic (exact) mass is 291 g/mol. The average Bonchev–Trinajstić information content (AvgIpc) is 2.85. The maximum absolute atomic E-state index is 10.9. The Kier molecular flexibility index (Phi) is 3.39. The maximum atomic E-state index is 10.9. The van der Waals surface area contributed by atoms with Crippen LogP contribution in [0.25, 0.3) is 11.3 Å². The van der Waals surface area contributed by atoms with Crippen molar-refractivity contribution in [1.82, 2.24) is 5.16 Å². The SMILES string of the molecule is COc1c(-c2cc(C(=O)O)on2)ccc2c1OCCCO2. The van der Waals surface area contributed by atoms with Crippen LogP contribution in [0.15, 0.2) is 22.7 Å². The fourth-order valence-corrected chi connectivity index (χ4v) is 2.12. The fourth-order valence-electron chi connectivity index (χ4n) is 2.12. The lowest BCUT2D eigenvalue weighted by molar-refractivity contribution is 0.0652. The number of hydrogen-bond donors (Lipinski definition) is 1. The lowest BCUT2D eigenvalue weighted by Gasteiger charge is -2.14. The second-order valence-electron chi connectivity index (χ2n) is 4.41. The van der Waals surface area contributed by atoms with Gasteiger partial charge in [0.15, 0.2) is 11.5 Å². The minimum Gasteiger partial charge on any atom is -0.492 e. The molecule has 2 aromatic rings. The number of methoxy groups -OCH3 is 1. The molecule has 1 aliphatic rings. The number of carboxylic acids is 1. The summed E-state index contributed by atoms with van der Waals surface area (Å²) in [6.45, 7) is 1.09. The summed E-state index contributed by atoms with van der Waals surface area (Å²) in [6, 6.07) is 4.81. The van der Waals surface area contributed by atoms with Crippen LogP contribution in [0, 0.1) is 0 Å². The number of nitrogens with zero attached hydrogens (tertiary/aromatic N) is 1. The van der Waals surface area contributed by atoms with Crippen molar-refractivity contribution in [2.75, 3.05) is 20.3 Å². The van der Waals surface area contributed by atoms with Gasteiger partial charge in [-0.1, -0.05) is 5.16 Å². The smallest absolute Gasteiger partial charge is 0.374 e. The molecule has 21 heavy (non-hydrogen) atoms. The topological polar surface area (TPSA) is 91.0 Å². The van der Waals surface area contributed by atoms with E-state index >= 15 is 0 Å². The van der Waals surface area contributed by atoms with Crippen molar-refractivity contribution in [1.29, 1.82) is 0 Å². The molecule has 110 valence electrons.